The zero-order valence-corrected chi connectivity index (χ0v) is 12.6. The first kappa shape index (κ1) is 13.6. The molecule has 1 aliphatic rings. The lowest BCUT2D eigenvalue weighted by atomic mass is 9.97. The van der Waals surface area contributed by atoms with E-state index in [4.69, 9.17) is 11.6 Å². The predicted molar refractivity (Wildman–Crippen MR) is 79.9 cm³/mol. The first-order chi connectivity index (χ1) is 9.70. The van der Waals surface area contributed by atoms with Crippen LogP contribution in [-0.4, -0.2) is 32.3 Å². The van der Waals surface area contributed by atoms with Gasteiger partial charge in [-0.05, 0) is 32.7 Å². The Kier molecular flexibility index (Phi) is 3.81. The van der Waals surface area contributed by atoms with Crippen molar-refractivity contribution in [1.29, 1.82) is 0 Å². The van der Waals surface area contributed by atoms with E-state index in [9.17, 15) is 0 Å². The highest BCUT2D eigenvalue weighted by Crippen LogP contribution is 2.31. The standard InChI is InChI=1S/C14H20ClN5/c1-3-10-8-11(4-5-16-10)20-7-6-17-14(20)13-12(15)9(2)18-19-13/h6-7,10-11,16H,3-5,8H2,1-2H3,(H,18,19)/t10-,11-/m1/s1. The second-order valence-corrected chi connectivity index (χ2v) is 5.78. The van der Waals surface area contributed by atoms with Crippen LogP contribution in [0.15, 0.2) is 12.4 Å². The Morgan fingerprint density at radius 3 is 3.05 bits per heavy atom. The second-order valence-electron chi connectivity index (χ2n) is 5.41. The van der Waals surface area contributed by atoms with Gasteiger partial charge in [0.25, 0.3) is 0 Å². The molecule has 0 aliphatic carbocycles. The van der Waals surface area contributed by atoms with Gasteiger partial charge in [0.15, 0.2) is 5.82 Å². The minimum Gasteiger partial charge on any atom is -0.326 e. The lowest BCUT2D eigenvalue weighted by molar-refractivity contribution is 0.297. The fourth-order valence-corrected chi connectivity index (χ4v) is 3.07. The minimum absolute atomic E-state index is 0.465. The molecule has 2 aromatic rings. The minimum atomic E-state index is 0.465. The summed E-state index contributed by atoms with van der Waals surface area (Å²) in [6.45, 7) is 5.20. The van der Waals surface area contributed by atoms with Crippen molar-refractivity contribution in [2.24, 2.45) is 0 Å². The Morgan fingerprint density at radius 1 is 1.50 bits per heavy atom. The molecule has 5 nitrogen and oxygen atoms in total. The van der Waals surface area contributed by atoms with Gasteiger partial charge in [0, 0.05) is 24.5 Å². The van der Waals surface area contributed by atoms with Gasteiger partial charge >= 0.3 is 0 Å². The first-order valence-corrected chi connectivity index (χ1v) is 7.55. The molecular formula is C14H20ClN5. The molecule has 1 saturated heterocycles. The van der Waals surface area contributed by atoms with E-state index in [1.165, 1.54) is 0 Å². The fraction of sp³-hybridized carbons (Fsp3) is 0.571. The number of hydrogen-bond donors (Lipinski definition) is 2. The Balaban J connectivity index is 1.92. The second kappa shape index (κ2) is 5.58. The van der Waals surface area contributed by atoms with Crippen LogP contribution in [-0.2, 0) is 0 Å². The van der Waals surface area contributed by atoms with Crippen molar-refractivity contribution in [3.63, 3.8) is 0 Å². The number of hydrogen-bond acceptors (Lipinski definition) is 3. The average Bonchev–Trinajstić information content (AvgIpc) is 3.07. The van der Waals surface area contributed by atoms with Gasteiger partial charge < -0.3 is 9.88 Å². The topological polar surface area (TPSA) is 58.5 Å². The Morgan fingerprint density at radius 2 is 2.35 bits per heavy atom. The first-order valence-electron chi connectivity index (χ1n) is 7.17. The van der Waals surface area contributed by atoms with Gasteiger partial charge in [-0.1, -0.05) is 18.5 Å². The molecule has 2 aromatic heterocycles. The highest BCUT2D eigenvalue weighted by Gasteiger charge is 2.25. The molecule has 1 fully saturated rings. The van der Waals surface area contributed by atoms with Crippen molar-refractivity contribution in [2.45, 2.75) is 45.2 Å². The molecule has 20 heavy (non-hydrogen) atoms. The van der Waals surface area contributed by atoms with Crippen LogP contribution < -0.4 is 5.32 Å². The molecule has 3 heterocycles. The van der Waals surface area contributed by atoms with Gasteiger partial charge in [0.2, 0.25) is 0 Å². The number of imidazole rings is 1. The van der Waals surface area contributed by atoms with E-state index < -0.39 is 0 Å². The third-order valence-electron chi connectivity index (χ3n) is 4.11. The third kappa shape index (κ3) is 2.36. The van der Waals surface area contributed by atoms with Crippen molar-refractivity contribution in [3.05, 3.63) is 23.1 Å². The summed E-state index contributed by atoms with van der Waals surface area (Å²) in [6.07, 6.45) is 7.27. The molecule has 0 radical (unpaired) electrons. The van der Waals surface area contributed by atoms with Crippen molar-refractivity contribution in [1.82, 2.24) is 25.1 Å². The Hall–Kier alpha value is -1.33. The van der Waals surface area contributed by atoms with E-state index in [2.05, 4.69) is 32.0 Å². The number of nitrogens with zero attached hydrogens (tertiary/aromatic N) is 3. The van der Waals surface area contributed by atoms with Crippen molar-refractivity contribution >= 4 is 11.6 Å². The maximum absolute atomic E-state index is 6.31. The van der Waals surface area contributed by atoms with E-state index in [1.54, 1.807) is 0 Å². The number of piperidine rings is 1. The van der Waals surface area contributed by atoms with Crippen molar-refractivity contribution in [3.8, 4) is 11.5 Å². The van der Waals surface area contributed by atoms with E-state index in [0.29, 0.717) is 17.1 Å². The van der Waals surface area contributed by atoms with Gasteiger partial charge in [0.1, 0.15) is 5.69 Å². The molecule has 3 rings (SSSR count). The summed E-state index contributed by atoms with van der Waals surface area (Å²) in [5.41, 5.74) is 1.63. The molecule has 2 atom stereocenters. The van der Waals surface area contributed by atoms with Crippen LogP contribution in [0.2, 0.25) is 5.02 Å². The molecular weight excluding hydrogens is 274 g/mol. The SMILES string of the molecule is CC[C@@H]1C[C@H](n2ccnc2-c2n[nH]c(C)c2Cl)CCN1. The lowest BCUT2D eigenvalue weighted by Crippen LogP contribution is -2.38. The van der Waals surface area contributed by atoms with E-state index in [-0.39, 0.29) is 0 Å². The quantitative estimate of drug-likeness (QED) is 0.915. The summed E-state index contributed by atoms with van der Waals surface area (Å²) in [7, 11) is 0. The molecule has 0 spiro atoms. The van der Waals surface area contributed by atoms with Gasteiger partial charge in [-0.25, -0.2) is 4.98 Å². The third-order valence-corrected chi connectivity index (χ3v) is 4.57. The van der Waals surface area contributed by atoms with Gasteiger partial charge in [-0.3, -0.25) is 5.10 Å². The molecule has 0 amide bonds. The smallest absolute Gasteiger partial charge is 0.162 e. The number of nitrogens with one attached hydrogen (secondary N) is 2. The summed E-state index contributed by atoms with van der Waals surface area (Å²) in [4.78, 5) is 4.46. The van der Waals surface area contributed by atoms with E-state index in [1.807, 2.05) is 19.3 Å². The Labute approximate surface area is 123 Å². The summed E-state index contributed by atoms with van der Waals surface area (Å²) in [6, 6.07) is 1.05. The van der Waals surface area contributed by atoms with Crippen LogP contribution >= 0.6 is 11.6 Å². The van der Waals surface area contributed by atoms with Crippen LogP contribution in [0.5, 0.6) is 0 Å². The Bertz CT molecular complexity index is 588. The number of aryl methyl sites for hydroxylation is 1. The molecule has 2 N–H and O–H groups in total. The van der Waals surface area contributed by atoms with Gasteiger partial charge in [-0.15, -0.1) is 0 Å². The highest BCUT2D eigenvalue weighted by molar-refractivity contribution is 6.33. The molecule has 1 aliphatic heterocycles. The monoisotopic (exact) mass is 293 g/mol. The van der Waals surface area contributed by atoms with Crippen LogP contribution in [0.3, 0.4) is 0 Å². The van der Waals surface area contributed by atoms with E-state index in [0.717, 1.165) is 43.0 Å². The largest absolute Gasteiger partial charge is 0.326 e. The molecule has 108 valence electrons. The van der Waals surface area contributed by atoms with Crippen molar-refractivity contribution < 1.29 is 0 Å². The lowest BCUT2D eigenvalue weighted by Gasteiger charge is -2.31. The average molecular weight is 294 g/mol. The number of rotatable bonds is 3. The summed E-state index contributed by atoms with van der Waals surface area (Å²) in [5.74, 6) is 0.862. The number of halogens is 1. The number of aromatic amines is 1. The number of aromatic nitrogens is 4. The molecule has 0 bridgehead atoms. The fourth-order valence-electron chi connectivity index (χ4n) is 2.90. The summed E-state index contributed by atoms with van der Waals surface area (Å²) >= 11 is 6.31. The summed E-state index contributed by atoms with van der Waals surface area (Å²) < 4.78 is 2.23. The molecule has 6 heteroatoms. The van der Waals surface area contributed by atoms with Crippen LogP contribution in [0.25, 0.3) is 11.5 Å². The van der Waals surface area contributed by atoms with Crippen LogP contribution in [0.1, 0.15) is 37.9 Å². The van der Waals surface area contributed by atoms with E-state index >= 15 is 0 Å². The molecule has 0 unspecified atom stereocenters. The zero-order valence-electron chi connectivity index (χ0n) is 11.9. The highest BCUT2D eigenvalue weighted by atomic mass is 35.5. The van der Waals surface area contributed by atoms with Crippen molar-refractivity contribution in [2.75, 3.05) is 6.54 Å². The zero-order chi connectivity index (χ0) is 14.1. The predicted octanol–water partition coefficient (Wildman–Crippen LogP) is 2.94. The van der Waals surface area contributed by atoms with Crippen LogP contribution in [0, 0.1) is 6.92 Å². The van der Waals surface area contributed by atoms with Crippen LogP contribution in [0.4, 0.5) is 0 Å². The molecule has 0 saturated carbocycles. The summed E-state index contributed by atoms with van der Waals surface area (Å²) in [5, 5.41) is 11.4. The maximum atomic E-state index is 6.31. The van der Waals surface area contributed by atoms with Gasteiger partial charge in [0.05, 0.1) is 10.7 Å². The number of H-pyrrole nitrogens is 1. The maximum Gasteiger partial charge on any atom is 0.162 e. The molecule has 0 aromatic carbocycles. The van der Waals surface area contributed by atoms with Gasteiger partial charge in [-0.2, -0.15) is 5.10 Å². The normalized spacial score (nSPS) is 23.1.